The smallest absolute Gasteiger partial charge is 0.322 e. The average molecular weight is 521 g/mol. The summed E-state index contributed by atoms with van der Waals surface area (Å²) in [5.74, 6) is -0.460. The Kier molecular flexibility index (Phi) is 7.24. The summed E-state index contributed by atoms with van der Waals surface area (Å²) < 4.78 is 69.1. The van der Waals surface area contributed by atoms with Crippen molar-refractivity contribution in [2.45, 2.75) is 63.2 Å². The van der Waals surface area contributed by atoms with Crippen molar-refractivity contribution in [3.8, 4) is 0 Å². The fourth-order valence-corrected chi connectivity index (χ4v) is 5.62. The molecule has 192 valence electrons. The molecule has 0 saturated heterocycles. The monoisotopic (exact) mass is 520 g/mol. The number of hydrogen-bond acceptors (Lipinski definition) is 4. The third kappa shape index (κ3) is 5.62. The molecule has 36 heavy (non-hydrogen) atoms. The van der Waals surface area contributed by atoms with Crippen molar-refractivity contribution >= 4 is 21.6 Å². The van der Waals surface area contributed by atoms with Gasteiger partial charge >= 0.3 is 6.18 Å². The number of hydrogen-bond donors (Lipinski definition) is 2. The highest BCUT2D eigenvalue weighted by atomic mass is 32.2. The first-order valence-corrected chi connectivity index (χ1v) is 13.1. The molecule has 1 amide bonds. The molecule has 0 atom stereocenters. The number of benzene rings is 2. The summed E-state index contributed by atoms with van der Waals surface area (Å²) in [4.78, 5) is 13.1. The second-order valence-electron chi connectivity index (χ2n) is 9.05. The second-order valence-corrected chi connectivity index (χ2v) is 10.8. The number of nitrogens with one attached hydrogen (secondary N) is 2. The highest BCUT2D eigenvalue weighted by molar-refractivity contribution is 7.89. The quantitative estimate of drug-likeness (QED) is 0.470. The highest BCUT2D eigenvalue weighted by Gasteiger charge is 2.39. The zero-order valence-corrected chi connectivity index (χ0v) is 20.7. The molecule has 0 radical (unpaired) electrons. The average Bonchev–Trinajstić information content (AvgIpc) is 3.18. The Morgan fingerprint density at radius 2 is 1.72 bits per heavy atom. The van der Waals surface area contributed by atoms with Crippen LogP contribution in [0, 0.1) is 0 Å². The Balaban J connectivity index is 1.56. The lowest BCUT2D eigenvalue weighted by Gasteiger charge is -2.16. The largest absolute Gasteiger partial charge is 0.435 e. The highest BCUT2D eigenvalue weighted by Crippen LogP contribution is 2.36. The van der Waals surface area contributed by atoms with Crippen LogP contribution in [0.15, 0.2) is 53.4 Å². The molecule has 0 saturated carbocycles. The first-order valence-electron chi connectivity index (χ1n) is 11.6. The number of amides is 1. The van der Waals surface area contributed by atoms with E-state index in [0.717, 1.165) is 6.42 Å². The molecule has 2 aromatic carbocycles. The number of aromatic nitrogens is 2. The van der Waals surface area contributed by atoms with Crippen LogP contribution in [0.3, 0.4) is 0 Å². The zero-order valence-electron chi connectivity index (χ0n) is 19.9. The van der Waals surface area contributed by atoms with Crippen molar-refractivity contribution in [3.63, 3.8) is 0 Å². The van der Waals surface area contributed by atoms with Gasteiger partial charge in [0.1, 0.15) is 0 Å². The number of sulfonamides is 1. The number of carbonyl (C=O) groups excluding carboxylic acids is 1. The van der Waals surface area contributed by atoms with Gasteiger partial charge in [0.15, 0.2) is 5.69 Å². The van der Waals surface area contributed by atoms with E-state index in [-0.39, 0.29) is 23.0 Å². The van der Waals surface area contributed by atoms with Crippen molar-refractivity contribution in [3.05, 3.63) is 76.6 Å². The van der Waals surface area contributed by atoms with E-state index in [2.05, 4.69) is 15.1 Å². The summed E-state index contributed by atoms with van der Waals surface area (Å²) in [6.07, 6.45) is -2.21. The molecule has 1 aliphatic carbocycles. The molecule has 1 aromatic heterocycles. The lowest BCUT2D eigenvalue weighted by Crippen LogP contribution is -2.30. The van der Waals surface area contributed by atoms with E-state index in [1.165, 1.54) is 28.9 Å². The van der Waals surface area contributed by atoms with Gasteiger partial charge in [0.2, 0.25) is 10.0 Å². The molecule has 11 heteroatoms. The zero-order chi connectivity index (χ0) is 26.1. The van der Waals surface area contributed by atoms with Crippen molar-refractivity contribution in [2.24, 2.45) is 0 Å². The number of alkyl halides is 3. The summed E-state index contributed by atoms with van der Waals surface area (Å²) in [7, 11) is -3.67. The molecular formula is C25H27F3N4O3S. The molecule has 0 bridgehead atoms. The lowest BCUT2D eigenvalue weighted by atomic mass is 9.95. The minimum absolute atomic E-state index is 0.0278. The number of halogens is 3. The normalized spacial score (nSPS) is 14.1. The summed E-state index contributed by atoms with van der Waals surface area (Å²) in [6, 6.07) is 12.1. The van der Waals surface area contributed by atoms with Gasteiger partial charge in [-0.1, -0.05) is 18.2 Å². The number of nitrogens with zero attached hydrogens (tertiary/aromatic N) is 2. The van der Waals surface area contributed by atoms with E-state index >= 15 is 0 Å². The molecule has 0 aliphatic heterocycles. The summed E-state index contributed by atoms with van der Waals surface area (Å²) in [6.45, 7) is 3.46. The molecule has 3 aromatic rings. The first-order chi connectivity index (χ1) is 17.0. The van der Waals surface area contributed by atoms with Crippen LogP contribution in [0.4, 0.5) is 18.9 Å². The van der Waals surface area contributed by atoms with Gasteiger partial charge in [0.05, 0.1) is 11.4 Å². The number of rotatable bonds is 7. The van der Waals surface area contributed by atoms with Gasteiger partial charge in [0, 0.05) is 28.6 Å². The minimum Gasteiger partial charge on any atom is -0.322 e. The van der Waals surface area contributed by atoms with E-state index in [0.29, 0.717) is 41.8 Å². The molecule has 0 spiro atoms. The van der Waals surface area contributed by atoms with Gasteiger partial charge in [-0.25, -0.2) is 13.1 Å². The van der Waals surface area contributed by atoms with Gasteiger partial charge < -0.3 is 5.32 Å². The van der Waals surface area contributed by atoms with E-state index < -0.39 is 27.8 Å². The maximum absolute atomic E-state index is 13.6. The molecule has 0 unspecified atom stereocenters. The SMILES string of the molecule is CC(C)NS(=O)(=O)c1ccc(NC(=O)c2ccccc2Cn2nc(C(F)(F)F)c3c2CCCC3)cc1. The summed E-state index contributed by atoms with van der Waals surface area (Å²) >= 11 is 0. The molecule has 1 heterocycles. The summed E-state index contributed by atoms with van der Waals surface area (Å²) in [5, 5.41) is 6.62. The number of carbonyl (C=O) groups is 1. The minimum atomic E-state index is -4.53. The van der Waals surface area contributed by atoms with E-state index in [4.69, 9.17) is 0 Å². The van der Waals surface area contributed by atoms with Crippen LogP contribution < -0.4 is 10.0 Å². The van der Waals surface area contributed by atoms with Crippen LogP contribution in [-0.2, 0) is 35.6 Å². The van der Waals surface area contributed by atoms with Crippen LogP contribution in [0.5, 0.6) is 0 Å². The van der Waals surface area contributed by atoms with Gasteiger partial charge in [0.25, 0.3) is 5.91 Å². The van der Waals surface area contributed by atoms with Crippen LogP contribution >= 0.6 is 0 Å². The Morgan fingerprint density at radius 3 is 2.39 bits per heavy atom. The molecule has 4 rings (SSSR count). The van der Waals surface area contributed by atoms with Crippen molar-refractivity contribution in [1.82, 2.24) is 14.5 Å². The van der Waals surface area contributed by atoms with E-state index in [1.54, 1.807) is 38.1 Å². The van der Waals surface area contributed by atoms with Crippen LogP contribution in [0.25, 0.3) is 0 Å². The van der Waals surface area contributed by atoms with Gasteiger partial charge in [-0.15, -0.1) is 0 Å². The van der Waals surface area contributed by atoms with Crippen molar-refractivity contribution in [2.75, 3.05) is 5.32 Å². The summed E-state index contributed by atoms with van der Waals surface area (Å²) in [5.41, 5.74) is 1.17. The van der Waals surface area contributed by atoms with Crippen LogP contribution in [0.2, 0.25) is 0 Å². The third-order valence-electron chi connectivity index (χ3n) is 5.92. The van der Waals surface area contributed by atoms with Gasteiger partial charge in [-0.2, -0.15) is 18.3 Å². The Morgan fingerprint density at radius 1 is 1.06 bits per heavy atom. The number of anilines is 1. The van der Waals surface area contributed by atoms with E-state index in [1.807, 2.05) is 0 Å². The fraction of sp³-hybridized carbons (Fsp3) is 0.360. The Labute approximate surface area is 207 Å². The molecule has 2 N–H and O–H groups in total. The molecule has 1 aliphatic rings. The maximum Gasteiger partial charge on any atom is 0.435 e. The maximum atomic E-state index is 13.6. The van der Waals surface area contributed by atoms with Gasteiger partial charge in [-0.05, 0) is 75.4 Å². The lowest BCUT2D eigenvalue weighted by molar-refractivity contribution is -0.142. The standard InChI is InChI=1S/C25H27F3N4O3S/c1-16(2)31-36(34,35)19-13-11-18(12-14-19)29-24(33)20-8-4-3-7-17(20)15-32-22-10-6-5-9-21(22)23(30-32)25(26,27)28/h3-4,7-8,11-14,16,31H,5-6,9-10,15H2,1-2H3,(H,29,33). The first kappa shape index (κ1) is 25.9. The van der Waals surface area contributed by atoms with Crippen LogP contribution in [-0.4, -0.2) is 30.1 Å². The topological polar surface area (TPSA) is 93.1 Å². The third-order valence-corrected chi connectivity index (χ3v) is 7.60. The van der Waals surface area contributed by atoms with Crippen molar-refractivity contribution in [1.29, 1.82) is 0 Å². The molecule has 7 nitrogen and oxygen atoms in total. The Bertz CT molecular complexity index is 1360. The predicted molar refractivity (Wildman–Crippen MR) is 129 cm³/mol. The molecular weight excluding hydrogens is 493 g/mol. The fourth-order valence-electron chi connectivity index (χ4n) is 4.36. The Hall–Kier alpha value is -3.18. The van der Waals surface area contributed by atoms with E-state index in [9.17, 15) is 26.4 Å². The van der Waals surface area contributed by atoms with Crippen LogP contribution in [0.1, 0.15) is 59.6 Å². The molecule has 0 fully saturated rings. The van der Waals surface area contributed by atoms with Crippen molar-refractivity contribution < 1.29 is 26.4 Å². The van der Waals surface area contributed by atoms with Gasteiger partial charge in [-0.3, -0.25) is 9.48 Å². The predicted octanol–water partition coefficient (Wildman–Crippen LogP) is 4.77. The number of fused-ring (bicyclic) bond motifs is 1. The second kappa shape index (κ2) is 10.1.